The van der Waals surface area contributed by atoms with E-state index in [0.29, 0.717) is 5.76 Å². The van der Waals surface area contributed by atoms with E-state index in [9.17, 15) is 13.6 Å². The molecule has 0 aliphatic rings. The Labute approximate surface area is 141 Å². The summed E-state index contributed by atoms with van der Waals surface area (Å²) in [6.45, 7) is 0. The van der Waals surface area contributed by atoms with Crippen LogP contribution >= 0.6 is 11.6 Å². The molecule has 122 valence electrons. The molecule has 1 aromatic heterocycles. The van der Waals surface area contributed by atoms with Gasteiger partial charge in [0.1, 0.15) is 11.8 Å². The summed E-state index contributed by atoms with van der Waals surface area (Å²) in [5, 5.41) is 2.56. The molecule has 0 fully saturated rings. The molecule has 0 saturated carbocycles. The van der Waals surface area contributed by atoms with Crippen molar-refractivity contribution < 1.29 is 18.0 Å². The van der Waals surface area contributed by atoms with Crippen LogP contribution in [0.5, 0.6) is 0 Å². The minimum Gasteiger partial charge on any atom is -0.467 e. The highest BCUT2D eigenvalue weighted by Crippen LogP contribution is 2.25. The third-order valence-corrected chi connectivity index (χ3v) is 3.80. The Hall–Kier alpha value is -2.66. The predicted octanol–water partition coefficient (Wildman–Crippen LogP) is 4.73. The minimum atomic E-state index is -1.14. The van der Waals surface area contributed by atoms with Gasteiger partial charge in [-0.15, -0.1) is 0 Å². The fraction of sp³-hybridized carbons (Fsp3) is 0.0556. The molecule has 24 heavy (non-hydrogen) atoms. The van der Waals surface area contributed by atoms with E-state index in [1.54, 1.807) is 12.1 Å². The fourth-order valence-corrected chi connectivity index (χ4v) is 2.56. The van der Waals surface area contributed by atoms with Crippen molar-refractivity contribution in [3.8, 4) is 0 Å². The number of amides is 1. The summed E-state index contributed by atoms with van der Waals surface area (Å²) in [6, 6.07) is 13.5. The number of carbonyl (C=O) groups is 1. The van der Waals surface area contributed by atoms with Crippen LogP contribution < -0.4 is 5.32 Å². The number of furan rings is 1. The Kier molecular flexibility index (Phi) is 4.62. The van der Waals surface area contributed by atoms with Gasteiger partial charge in [0.05, 0.1) is 16.8 Å². The van der Waals surface area contributed by atoms with Crippen LogP contribution in [0.1, 0.15) is 27.7 Å². The van der Waals surface area contributed by atoms with E-state index in [1.165, 1.54) is 6.26 Å². The third kappa shape index (κ3) is 3.31. The van der Waals surface area contributed by atoms with Crippen LogP contribution in [0.3, 0.4) is 0 Å². The smallest absolute Gasteiger partial charge is 0.253 e. The zero-order valence-electron chi connectivity index (χ0n) is 12.3. The van der Waals surface area contributed by atoms with Crippen molar-refractivity contribution >= 4 is 17.5 Å². The zero-order valence-corrected chi connectivity index (χ0v) is 13.1. The highest BCUT2D eigenvalue weighted by atomic mass is 35.5. The van der Waals surface area contributed by atoms with E-state index in [0.717, 1.165) is 17.7 Å². The third-order valence-electron chi connectivity index (χ3n) is 3.49. The summed E-state index contributed by atoms with van der Waals surface area (Å²) in [5.74, 6) is -2.38. The lowest BCUT2D eigenvalue weighted by Crippen LogP contribution is -2.29. The molecule has 2 aromatic carbocycles. The highest BCUT2D eigenvalue weighted by Gasteiger charge is 2.22. The zero-order chi connectivity index (χ0) is 17.1. The summed E-state index contributed by atoms with van der Waals surface area (Å²) in [5.41, 5.74) is 0.627. The normalized spacial score (nSPS) is 12.0. The van der Waals surface area contributed by atoms with E-state index in [-0.39, 0.29) is 10.6 Å². The second-order valence-corrected chi connectivity index (χ2v) is 5.49. The summed E-state index contributed by atoms with van der Waals surface area (Å²) < 4.78 is 32.0. The van der Waals surface area contributed by atoms with Crippen LogP contribution in [-0.4, -0.2) is 5.91 Å². The van der Waals surface area contributed by atoms with Gasteiger partial charge in [0.2, 0.25) is 0 Å². The van der Waals surface area contributed by atoms with Gasteiger partial charge in [-0.2, -0.15) is 0 Å². The van der Waals surface area contributed by atoms with Crippen molar-refractivity contribution in [1.29, 1.82) is 0 Å². The van der Waals surface area contributed by atoms with Gasteiger partial charge in [-0.25, -0.2) is 8.78 Å². The fourth-order valence-electron chi connectivity index (χ4n) is 2.33. The summed E-state index contributed by atoms with van der Waals surface area (Å²) in [4.78, 5) is 12.5. The molecule has 0 radical (unpaired) electrons. The number of hydrogen-bond acceptors (Lipinski definition) is 2. The molecular formula is C18H12ClF2NO2. The van der Waals surface area contributed by atoms with Crippen LogP contribution in [0.2, 0.25) is 5.02 Å². The summed E-state index contributed by atoms with van der Waals surface area (Å²) in [7, 11) is 0. The molecule has 1 amide bonds. The number of benzene rings is 2. The highest BCUT2D eigenvalue weighted by molar-refractivity contribution is 6.33. The molecule has 1 heterocycles. The summed E-state index contributed by atoms with van der Waals surface area (Å²) >= 11 is 5.86. The Morgan fingerprint density at radius 2 is 1.75 bits per heavy atom. The molecule has 3 rings (SSSR count). The maximum atomic E-state index is 13.4. The average Bonchev–Trinajstić information content (AvgIpc) is 3.11. The molecule has 0 bridgehead atoms. The largest absolute Gasteiger partial charge is 0.467 e. The van der Waals surface area contributed by atoms with Crippen LogP contribution in [0.15, 0.2) is 65.3 Å². The molecule has 0 aliphatic carbocycles. The minimum absolute atomic E-state index is 0.150. The first kappa shape index (κ1) is 16.2. The number of nitrogens with one attached hydrogen (secondary N) is 1. The van der Waals surface area contributed by atoms with Crippen molar-refractivity contribution in [2.75, 3.05) is 0 Å². The Morgan fingerprint density at radius 3 is 2.42 bits per heavy atom. The SMILES string of the molecule is O=C(NC(c1ccccc1)c1ccco1)c1cc(F)c(F)cc1Cl. The number of rotatable bonds is 4. The second-order valence-electron chi connectivity index (χ2n) is 5.08. The van der Waals surface area contributed by atoms with E-state index in [2.05, 4.69) is 5.32 Å². The number of halogens is 3. The van der Waals surface area contributed by atoms with Gasteiger partial charge >= 0.3 is 0 Å². The molecule has 0 saturated heterocycles. The van der Waals surface area contributed by atoms with Crippen molar-refractivity contribution in [2.24, 2.45) is 0 Å². The Balaban J connectivity index is 1.94. The number of carbonyl (C=O) groups excluding carboxylic acids is 1. The van der Waals surface area contributed by atoms with Gasteiger partial charge < -0.3 is 9.73 Å². The lowest BCUT2D eigenvalue weighted by molar-refractivity contribution is 0.0938. The first-order valence-electron chi connectivity index (χ1n) is 7.10. The van der Waals surface area contributed by atoms with Crippen LogP contribution in [0, 0.1) is 11.6 Å². The maximum absolute atomic E-state index is 13.4. The maximum Gasteiger partial charge on any atom is 0.253 e. The second kappa shape index (κ2) is 6.84. The lowest BCUT2D eigenvalue weighted by Gasteiger charge is -2.17. The van der Waals surface area contributed by atoms with Crippen molar-refractivity contribution in [3.05, 3.63) is 94.4 Å². The van der Waals surface area contributed by atoms with Gasteiger partial charge in [-0.05, 0) is 29.8 Å². The molecule has 1 atom stereocenters. The Morgan fingerprint density at radius 1 is 1.04 bits per heavy atom. The summed E-state index contributed by atoms with van der Waals surface area (Å²) in [6.07, 6.45) is 1.49. The standard InChI is InChI=1S/C18H12ClF2NO2/c19-13-10-15(21)14(20)9-12(13)18(23)22-17(16-7-4-8-24-16)11-5-2-1-3-6-11/h1-10,17H,(H,22,23). The molecule has 1 N–H and O–H groups in total. The quantitative estimate of drug-likeness (QED) is 0.693. The van der Waals surface area contributed by atoms with E-state index < -0.39 is 23.6 Å². The predicted molar refractivity (Wildman–Crippen MR) is 85.8 cm³/mol. The average molecular weight is 348 g/mol. The Bertz CT molecular complexity index is 851. The molecular weight excluding hydrogens is 336 g/mol. The van der Waals surface area contributed by atoms with E-state index >= 15 is 0 Å². The molecule has 6 heteroatoms. The van der Waals surface area contributed by atoms with Crippen molar-refractivity contribution in [1.82, 2.24) is 5.32 Å². The van der Waals surface area contributed by atoms with Crippen LogP contribution in [0.25, 0.3) is 0 Å². The van der Waals surface area contributed by atoms with Gasteiger partial charge in [-0.1, -0.05) is 41.9 Å². The van der Waals surface area contributed by atoms with Gasteiger partial charge in [0, 0.05) is 0 Å². The first-order chi connectivity index (χ1) is 11.6. The number of hydrogen-bond donors (Lipinski definition) is 1. The van der Waals surface area contributed by atoms with Gasteiger partial charge in [-0.3, -0.25) is 4.79 Å². The van der Waals surface area contributed by atoms with Crippen molar-refractivity contribution in [2.45, 2.75) is 6.04 Å². The van der Waals surface area contributed by atoms with Crippen LogP contribution in [0.4, 0.5) is 8.78 Å². The van der Waals surface area contributed by atoms with Crippen molar-refractivity contribution in [3.63, 3.8) is 0 Å². The van der Waals surface area contributed by atoms with E-state index in [4.69, 9.17) is 16.0 Å². The van der Waals surface area contributed by atoms with Crippen LogP contribution in [-0.2, 0) is 0 Å². The molecule has 0 aliphatic heterocycles. The molecule has 3 nitrogen and oxygen atoms in total. The monoisotopic (exact) mass is 347 g/mol. The topological polar surface area (TPSA) is 42.2 Å². The first-order valence-corrected chi connectivity index (χ1v) is 7.48. The van der Waals surface area contributed by atoms with E-state index in [1.807, 2.05) is 30.3 Å². The van der Waals surface area contributed by atoms with Gasteiger partial charge in [0.15, 0.2) is 11.6 Å². The molecule has 1 unspecified atom stereocenters. The molecule has 3 aromatic rings. The van der Waals surface area contributed by atoms with Gasteiger partial charge in [0.25, 0.3) is 5.91 Å². The lowest BCUT2D eigenvalue weighted by atomic mass is 10.0. The molecule has 0 spiro atoms.